The van der Waals surface area contributed by atoms with Crippen molar-refractivity contribution in [2.24, 2.45) is 5.92 Å². The predicted molar refractivity (Wildman–Crippen MR) is 175 cm³/mol. The van der Waals surface area contributed by atoms with E-state index < -0.39 is 31.4 Å². The van der Waals surface area contributed by atoms with Gasteiger partial charge in [0.05, 0.1) is 34.8 Å². The fraction of sp³-hybridized carbons (Fsp3) is 0.355. The summed E-state index contributed by atoms with van der Waals surface area (Å²) in [5, 5.41) is 15.9. The van der Waals surface area contributed by atoms with E-state index in [9.17, 15) is 23.3 Å². The van der Waals surface area contributed by atoms with Crippen LogP contribution in [0.3, 0.4) is 0 Å². The van der Waals surface area contributed by atoms with E-state index in [4.69, 9.17) is 9.47 Å². The molecule has 1 saturated carbocycles. The number of pyridine rings is 1. The van der Waals surface area contributed by atoms with Crippen molar-refractivity contribution in [1.29, 1.82) is 0 Å². The second-order valence-corrected chi connectivity index (χ2v) is 14.0. The van der Waals surface area contributed by atoms with E-state index >= 15 is 0 Å². The van der Waals surface area contributed by atoms with Crippen molar-refractivity contribution in [3.63, 3.8) is 0 Å². The van der Waals surface area contributed by atoms with Gasteiger partial charge in [0, 0.05) is 47.8 Å². The molecule has 13 nitrogen and oxygen atoms in total. The number of nitro groups is 1. The summed E-state index contributed by atoms with van der Waals surface area (Å²) in [7, 11) is -4.48. The number of ether oxygens (including phenoxy) is 2. The number of nitro benzene ring substituents is 1. The van der Waals surface area contributed by atoms with Gasteiger partial charge < -0.3 is 19.8 Å². The summed E-state index contributed by atoms with van der Waals surface area (Å²) in [5.41, 5.74) is 0.435. The summed E-state index contributed by atoms with van der Waals surface area (Å²) < 4.78 is 40.5. The number of amides is 1. The van der Waals surface area contributed by atoms with Gasteiger partial charge in [0.2, 0.25) is 0 Å². The summed E-state index contributed by atoms with van der Waals surface area (Å²) in [5.74, 6) is -0.187. The van der Waals surface area contributed by atoms with Crippen LogP contribution in [-0.2, 0) is 14.8 Å². The number of halogens is 1. The largest absolute Gasteiger partial charge is 0.455 e. The van der Waals surface area contributed by atoms with Gasteiger partial charge in [-0.1, -0.05) is 15.9 Å². The maximum atomic E-state index is 13.3. The van der Waals surface area contributed by atoms with Gasteiger partial charge in [-0.25, -0.2) is 18.1 Å². The van der Waals surface area contributed by atoms with Crippen LogP contribution in [-0.4, -0.2) is 73.0 Å². The van der Waals surface area contributed by atoms with Gasteiger partial charge in [0.1, 0.15) is 22.8 Å². The molecule has 15 heteroatoms. The summed E-state index contributed by atoms with van der Waals surface area (Å²) in [6.45, 7) is 3.99. The highest BCUT2D eigenvalue weighted by atomic mass is 79.9. The molecule has 3 N–H and O–H groups in total. The molecule has 3 heterocycles. The Bertz CT molecular complexity index is 1850. The van der Waals surface area contributed by atoms with E-state index in [1.807, 2.05) is 10.8 Å². The molecule has 0 radical (unpaired) electrons. The second kappa shape index (κ2) is 13.7. The average Bonchev–Trinajstić information content (AvgIpc) is 3.52. The number of benzene rings is 2. The molecule has 2 aromatic carbocycles. The Morgan fingerprint density at radius 3 is 2.65 bits per heavy atom. The van der Waals surface area contributed by atoms with Crippen molar-refractivity contribution in [2.45, 2.75) is 36.6 Å². The highest BCUT2D eigenvalue weighted by Crippen LogP contribution is 2.33. The molecule has 2 fully saturated rings. The van der Waals surface area contributed by atoms with Gasteiger partial charge in [-0.15, -0.1) is 0 Å². The van der Waals surface area contributed by atoms with Crippen molar-refractivity contribution in [3.05, 3.63) is 81.1 Å². The first-order chi connectivity index (χ1) is 22.2. The van der Waals surface area contributed by atoms with Crippen LogP contribution in [0.15, 0.2) is 70.3 Å². The number of carbonyl (C=O) groups is 1. The minimum absolute atomic E-state index is 0.0583. The topological polar surface area (TPSA) is 169 Å². The molecule has 1 amide bonds. The number of hydrogen-bond acceptors (Lipinski definition) is 10. The molecule has 2 aromatic heterocycles. The van der Waals surface area contributed by atoms with E-state index in [0.717, 1.165) is 63.4 Å². The maximum absolute atomic E-state index is 13.3. The standard InChI is InChI=1S/C31H33BrN6O7S/c32-22-3-7-26(29(16-22)45-24-15-21-9-10-33-30(21)35-19-24)31(39)36-46(42,43)25-6-8-27(28(17-25)38(40)41)34-18-20-1-4-23(5-2-20)37-11-13-44-14-12-37/h3,6-10,15-17,19-20,23,34H,1-2,4-5,11-14,18H2,(H,33,35)(H,36,39). The molecule has 1 aliphatic heterocycles. The Morgan fingerprint density at radius 1 is 1.11 bits per heavy atom. The van der Waals surface area contributed by atoms with Gasteiger partial charge >= 0.3 is 0 Å². The molecule has 46 heavy (non-hydrogen) atoms. The van der Waals surface area contributed by atoms with Crippen LogP contribution in [0, 0.1) is 16.0 Å². The zero-order valence-corrected chi connectivity index (χ0v) is 27.2. The molecule has 2 aliphatic rings. The van der Waals surface area contributed by atoms with Gasteiger partial charge in [-0.05, 0) is 74.1 Å². The Kier molecular flexibility index (Phi) is 9.54. The van der Waals surface area contributed by atoms with Crippen molar-refractivity contribution in [3.8, 4) is 11.5 Å². The molecule has 0 unspecified atom stereocenters. The number of hydrogen-bond donors (Lipinski definition) is 3. The molecule has 0 atom stereocenters. The van der Waals surface area contributed by atoms with Gasteiger partial charge in [-0.3, -0.25) is 19.8 Å². The third-order valence-corrected chi connectivity index (χ3v) is 10.3. The predicted octanol–water partition coefficient (Wildman–Crippen LogP) is 5.45. The number of aromatic nitrogens is 2. The fourth-order valence-electron chi connectivity index (χ4n) is 6.00. The van der Waals surface area contributed by atoms with Crippen LogP contribution in [0.25, 0.3) is 11.0 Å². The molecular weight excluding hydrogens is 680 g/mol. The van der Waals surface area contributed by atoms with Gasteiger partial charge in [-0.2, -0.15) is 0 Å². The van der Waals surface area contributed by atoms with Crippen LogP contribution < -0.4 is 14.8 Å². The Hall–Kier alpha value is -4.05. The number of nitrogens with zero attached hydrogens (tertiary/aromatic N) is 3. The number of sulfonamides is 1. The van der Waals surface area contributed by atoms with E-state index in [1.54, 1.807) is 18.3 Å². The molecule has 1 saturated heterocycles. The van der Waals surface area contributed by atoms with Crippen molar-refractivity contribution < 1.29 is 27.6 Å². The second-order valence-electron chi connectivity index (χ2n) is 11.4. The number of rotatable bonds is 10. The number of anilines is 1. The van der Waals surface area contributed by atoms with E-state index in [2.05, 4.69) is 36.1 Å². The third kappa shape index (κ3) is 7.33. The number of H-pyrrole nitrogens is 1. The highest BCUT2D eigenvalue weighted by molar-refractivity contribution is 9.10. The van der Waals surface area contributed by atoms with E-state index in [-0.39, 0.29) is 17.0 Å². The summed E-state index contributed by atoms with van der Waals surface area (Å²) in [6.07, 6.45) is 7.34. The zero-order valence-electron chi connectivity index (χ0n) is 24.8. The first-order valence-corrected chi connectivity index (χ1v) is 17.3. The number of carbonyl (C=O) groups excluding carboxylic acids is 1. The Labute approximate surface area is 274 Å². The summed E-state index contributed by atoms with van der Waals surface area (Å²) in [6, 6.07) is 12.2. The summed E-state index contributed by atoms with van der Waals surface area (Å²) in [4.78, 5) is 33.9. The molecule has 4 aromatic rings. The lowest BCUT2D eigenvalue weighted by atomic mass is 9.85. The lowest BCUT2D eigenvalue weighted by Crippen LogP contribution is -2.45. The zero-order chi connectivity index (χ0) is 32.3. The maximum Gasteiger partial charge on any atom is 0.293 e. The molecule has 242 valence electrons. The van der Waals surface area contributed by atoms with Crippen LogP contribution >= 0.6 is 15.9 Å². The fourth-order valence-corrected chi connectivity index (χ4v) is 7.32. The third-order valence-electron chi connectivity index (χ3n) is 8.45. The van der Waals surface area contributed by atoms with Crippen LogP contribution in [0.5, 0.6) is 11.5 Å². The quantitative estimate of drug-likeness (QED) is 0.142. The highest BCUT2D eigenvalue weighted by Gasteiger charge is 2.29. The Morgan fingerprint density at radius 2 is 1.89 bits per heavy atom. The van der Waals surface area contributed by atoms with Crippen molar-refractivity contribution in [1.82, 2.24) is 19.6 Å². The van der Waals surface area contributed by atoms with E-state index in [0.29, 0.717) is 34.4 Å². The lowest BCUT2D eigenvalue weighted by Gasteiger charge is -2.38. The Balaban J connectivity index is 1.12. The molecular formula is C31H33BrN6O7S. The van der Waals surface area contributed by atoms with E-state index in [1.165, 1.54) is 30.5 Å². The number of fused-ring (bicyclic) bond motifs is 1. The minimum atomic E-state index is -4.48. The first kappa shape index (κ1) is 31.9. The van der Waals surface area contributed by atoms with Gasteiger partial charge in [0.15, 0.2) is 0 Å². The van der Waals surface area contributed by atoms with Crippen LogP contribution in [0.1, 0.15) is 36.0 Å². The first-order valence-electron chi connectivity index (χ1n) is 15.0. The molecule has 6 rings (SSSR count). The molecule has 0 bridgehead atoms. The number of nitrogens with one attached hydrogen (secondary N) is 3. The number of morpholine rings is 1. The van der Waals surface area contributed by atoms with Crippen LogP contribution in [0.4, 0.5) is 11.4 Å². The van der Waals surface area contributed by atoms with Crippen molar-refractivity contribution in [2.75, 3.05) is 38.2 Å². The lowest BCUT2D eigenvalue weighted by molar-refractivity contribution is -0.384. The SMILES string of the molecule is O=C(NS(=O)(=O)c1ccc(NCC2CCC(N3CCOCC3)CC2)c([N+](=O)[O-])c1)c1ccc(Br)cc1Oc1cnc2[nH]ccc2c1. The average molecular weight is 714 g/mol. The summed E-state index contributed by atoms with van der Waals surface area (Å²) >= 11 is 3.35. The molecule has 0 spiro atoms. The smallest absolute Gasteiger partial charge is 0.293 e. The minimum Gasteiger partial charge on any atom is -0.455 e. The van der Waals surface area contributed by atoms with Gasteiger partial charge in [0.25, 0.3) is 21.6 Å². The van der Waals surface area contributed by atoms with Crippen LogP contribution in [0.2, 0.25) is 0 Å². The number of aromatic amines is 1. The normalized spacial score (nSPS) is 19.1. The monoisotopic (exact) mass is 712 g/mol. The molecule has 1 aliphatic carbocycles. The van der Waals surface area contributed by atoms with Crippen molar-refractivity contribution >= 4 is 54.3 Å².